The van der Waals surface area contributed by atoms with E-state index in [0.29, 0.717) is 25.3 Å². The lowest BCUT2D eigenvalue weighted by Crippen LogP contribution is -2.42. The van der Waals surface area contributed by atoms with E-state index in [-0.39, 0.29) is 12.0 Å². The summed E-state index contributed by atoms with van der Waals surface area (Å²) in [5.74, 6) is 0.642. The van der Waals surface area contributed by atoms with Gasteiger partial charge < -0.3 is 14.2 Å². The van der Waals surface area contributed by atoms with Crippen LogP contribution in [0.5, 0.6) is 0 Å². The van der Waals surface area contributed by atoms with Crippen LogP contribution in [0.1, 0.15) is 33.6 Å². The van der Waals surface area contributed by atoms with E-state index in [1.807, 2.05) is 32.0 Å². The molecule has 0 radical (unpaired) electrons. The summed E-state index contributed by atoms with van der Waals surface area (Å²) in [4.78, 5) is 19.2. The van der Waals surface area contributed by atoms with Crippen molar-refractivity contribution in [2.45, 2.75) is 20.0 Å². The fourth-order valence-corrected chi connectivity index (χ4v) is 3.23. The first-order chi connectivity index (χ1) is 13.1. The predicted octanol–water partition coefficient (Wildman–Crippen LogP) is 2.36. The number of aromatic nitrogens is 4. The smallest absolute Gasteiger partial charge is 0.255 e. The number of carbonyl (C=O) groups excluding carboxylic acids is 1. The molecule has 1 amide bonds. The molecular formula is C19H19N5O3. The Morgan fingerprint density at radius 2 is 2.11 bits per heavy atom. The quantitative estimate of drug-likeness (QED) is 0.703. The molecule has 0 spiro atoms. The lowest BCUT2D eigenvalue weighted by Gasteiger charge is -2.32. The van der Waals surface area contributed by atoms with Crippen LogP contribution in [0, 0.1) is 13.8 Å². The molecule has 3 aromatic rings. The van der Waals surface area contributed by atoms with Gasteiger partial charge in [-0.15, -0.1) is 0 Å². The maximum atomic E-state index is 12.7. The molecule has 8 heteroatoms. The second-order valence-electron chi connectivity index (χ2n) is 6.39. The van der Waals surface area contributed by atoms with Gasteiger partial charge in [0.15, 0.2) is 0 Å². The molecule has 1 aliphatic heterocycles. The summed E-state index contributed by atoms with van der Waals surface area (Å²) in [5.41, 5.74) is 3.77. The molecule has 0 N–H and O–H groups in total. The van der Waals surface area contributed by atoms with Gasteiger partial charge in [0.1, 0.15) is 11.9 Å². The van der Waals surface area contributed by atoms with Crippen molar-refractivity contribution >= 4 is 5.91 Å². The molecule has 1 fully saturated rings. The summed E-state index contributed by atoms with van der Waals surface area (Å²) in [6.07, 6.45) is 2.70. The van der Waals surface area contributed by atoms with Crippen LogP contribution < -0.4 is 0 Å². The number of pyridine rings is 1. The van der Waals surface area contributed by atoms with E-state index in [2.05, 4.69) is 15.4 Å². The highest BCUT2D eigenvalue weighted by Crippen LogP contribution is 2.28. The van der Waals surface area contributed by atoms with Gasteiger partial charge in [-0.25, -0.2) is 4.98 Å². The summed E-state index contributed by atoms with van der Waals surface area (Å²) in [6, 6.07) is 7.43. The molecular weight excluding hydrogens is 346 g/mol. The number of amides is 1. The van der Waals surface area contributed by atoms with Gasteiger partial charge in [0, 0.05) is 6.54 Å². The van der Waals surface area contributed by atoms with E-state index < -0.39 is 0 Å². The Labute approximate surface area is 156 Å². The fourth-order valence-electron chi connectivity index (χ4n) is 3.23. The second kappa shape index (κ2) is 7.24. The topological polar surface area (TPSA) is 94.2 Å². The molecule has 4 rings (SSSR count). The number of rotatable bonds is 3. The summed E-state index contributed by atoms with van der Waals surface area (Å²) in [7, 11) is 0. The Morgan fingerprint density at radius 1 is 1.22 bits per heavy atom. The molecule has 0 aromatic carbocycles. The van der Waals surface area contributed by atoms with Crippen LogP contribution in [0.15, 0.2) is 41.2 Å². The Hall–Kier alpha value is -3.13. The Bertz CT molecular complexity index is 937. The number of aryl methyl sites for hydroxylation is 2. The summed E-state index contributed by atoms with van der Waals surface area (Å²) in [6.45, 7) is 5.16. The van der Waals surface area contributed by atoms with Crippen LogP contribution >= 0.6 is 0 Å². The highest BCUT2D eigenvalue weighted by atomic mass is 16.5. The minimum Gasteiger partial charge on any atom is -0.368 e. The molecule has 0 aliphatic carbocycles. The van der Waals surface area contributed by atoms with E-state index in [1.54, 1.807) is 11.0 Å². The molecule has 0 bridgehead atoms. The number of ether oxygens (including phenoxy) is 1. The monoisotopic (exact) mass is 365 g/mol. The van der Waals surface area contributed by atoms with Gasteiger partial charge in [-0.3, -0.25) is 4.79 Å². The molecule has 4 heterocycles. The zero-order valence-corrected chi connectivity index (χ0v) is 15.1. The fraction of sp³-hybridized carbons (Fsp3) is 0.316. The van der Waals surface area contributed by atoms with Crippen molar-refractivity contribution in [2.75, 3.05) is 19.7 Å². The van der Waals surface area contributed by atoms with E-state index in [9.17, 15) is 4.79 Å². The lowest BCUT2D eigenvalue weighted by molar-refractivity contribution is -0.0247. The van der Waals surface area contributed by atoms with Crippen LogP contribution in [0.3, 0.4) is 0 Å². The van der Waals surface area contributed by atoms with Gasteiger partial charge in [-0.2, -0.15) is 10.2 Å². The zero-order valence-electron chi connectivity index (χ0n) is 15.1. The minimum absolute atomic E-state index is 0.0833. The Balaban J connectivity index is 1.57. The number of hydrogen-bond acceptors (Lipinski definition) is 7. The van der Waals surface area contributed by atoms with Gasteiger partial charge >= 0.3 is 0 Å². The lowest BCUT2D eigenvalue weighted by atomic mass is 10.1. The minimum atomic E-state index is -0.294. The maximum Gasteiger partial charge on any atom is 0.255 e. The van der Waals surface area contributed by atoms with Crippen LogP contribution in [0.4, 0.5) is 0 Å². The number of nitrogens with zero attached hydrogens (tertiary/aromatic N) is 5. The first-order valence-corrected chi connectivity index (χ1v) is 8.71. The molecule has 1 saturated heterocycles. The third kappa shape index (κ3) is 3.43. The molecule has 0 saturated carbocycles. The summed E-state index contributed by atoms with van der Waals surface area (Å²) >= 11 is 0. The van der Waals surface area contributed by atoms with E-state index >= 15 is 0 Å². The van der Waals surface area contributed by atoms with Gasteiger partial charge in [-0.05, 0) is 32.0 Å². The highest BCUT2D eigenvalue weighted by molar-refractivity contribution is 5.93. The molecule has 3 aromatic heterocycles. The van der Waals surface area contributed by atoms with Crippen molar-refractivity contribution in [3.63, 3.8) is 0 Å². The van der Waals surface area contributed by atoms with Crippen molar-refractivity contribution in [1.29, 1.82) is 0 Å². The third-order valence-electron chi connectivity index (χ3n) is 4.57. The van der Waals surface area contributed by atoms with Crippen LogP contribution in [-0.2, 0) is 4.74 Å². The van der Waals surface area contributed by atoms with E-state index in [1.165, 1.54) is 12.4 Å². The average Bonchev–Trinajstić information content (AvgIpc) is 3.06. The summed E-state index contributed by atoms with van der Waals surface area (Å²) in [5, 5.41) is 11.5. The number of hydrogen-bond donors (Lipinski definition) is 0. The SMILES string of the molecule is Cc1noc(C)c1-c1cccc([C@@H]2CN(C(=O)c3ccnnc3)CCO2)n1. The van der Waals surface area contributed by atoms with E-state index in [4.69, 9.17) is 14.2 Å². The highest BCUT2D eigenvalue weighted by Gasteiger charge is 2.27. The Morgan fingerprint density at radius 3 is 2.85 bits per heavy atom. The number of morpholine rings is 1. The zero-order chi connectivity index (χ0) is 18.8. The standard InChI is InChI=1S/C19H19N5O3/c1-12-18(13(2)27-23-12)16-5-3-4-15(22-16)17-11-24(8-9-26-17)19(25)14-6-7-20-21-10-14/h3-7,10,17H,8-9,11H2,1-2H3/t17-/m0/s1. The maximum absolute atomic E-state index is 12.7. The van der Waals surface area contributed by atoms with Crippen molar-refractivity contribution in [2.24, 2.45) is 0 Å². The first kappa shape index (κ1) is 17.3. The summed E-state index contributed by atoms with van der Waals surface area (Å²) < 4.78 is 11.1. The third-order valence-corrected chi connectivity index (χ3v) is 4.57. The molecule has 8 nitrogen and oxygen atoms in total. The van der Waals surface area contributed by atoms with Crippen molar-refractivity contribution in [1.82, 2.24) is 25.2 Å². The largest absolute Gasteiger partial charge is 0.368 e. The molecule has 0 unspecified atom stereocenters. The average molecular weight is 365 g/mol. The first-order valence-electron chi connectivity index (χ1n) is 8.71. The predicted molar refractivity (Wildman–Crippen MR) is 95.8 cm³/mol. The van der Waals surface area contributed by atoms with Gasteiger partial charge in [-0.1, -0.05) is 11.2 Å². The molecule has 1 atom stereocenters. The van der Waals surface area contributed by atoms with Crippen molar-refractivity contribution in [3.05, 3.63) is 59.4 Å². The van der Waals surface area contributed by atoms with Gasteiger partial charge in [0.05, 0.1) is 53.8 Å². The van der Waals surface area contributed by atoms with Crippen molar-refractivity contribution in [3.8, 4) is 11.3 Å². The van der Waals surface area contributed by atoms with Gasteiger partial charge in [0.2, 0.25) is 0 Å². The molecule has 1 aliphatic rings. The van der Waals surface area contributed by atoms with E-state index in [0.717, 1.165) is 28.4 Å². The number of carbonyl (C=O) groups is 1. The van der Waals surface area contributed by atoms with Crippen LogP contribution in [-0.4, -0.2) is 50.8 Å². The van der Waals surface area contributed by atoms with Crippen LogP contribution in [0.2, 0.25) is 0 Å². The molecule has 27 heavy (non-hydrogen) atoms. The van der Waals surface area contributed by atoms with Crippen LogP contribution in [0.25, 0.3) is 11.3 Å². The second-order valence-corrected chi connectivity index (χ2v) is 6.39. The Kier molecular flexibility index (Phi) is 4.64. The van der Waals surface area contributed by atoms with Crippen molar-refractivity contribution < 1.29 is 14.1 Å². The van der Waals surface area contributed by atoms with Gasteiger partial charge in [0.25, 0.3) is 5.91 Å². The normalized spacial score (nSPS) is 17.1. The molecule has 138 valence electrons.